The van der Waals surface area contributed by atoms with Crippen molar-refractivity contribution in [2.75, 3.05) is 0 Å². The minimum Gasteiger partial charge on any atom is -0.0654 e. The first kappa shape index (κ1) is 24.0. The third-order valence-corrected chi connectivity index (χ3v) is 7.44. The van der Waals surface area contributed by atoms with Crippen LogP contribution in [0.3, 0.4) is 0 Å². The van der Waals surface area contributed by atoms with Gasteiger partial charge in [-0.05, 0) is 35.5 Å². The Kier molecular flexibility index (Phi) is 13.0. The molecule has 0 radical (unpaired) electrons. The molecule has 0 bridgehead atoms. The normalized spacial score (nSPS) is 37.6. The van der Waals surface area contributed by atoms with Gasteiger partial charge in [0.15, 0.2) is 0 Å². The van der Waals surface area contributed by atoms with Crippen molar-refractivity contribution in [2.24, 2.45) is 35.5 Å². The zero-order chi connectivity index (χ0) is 19.4. The van der Waals surface area contributed by atoms with Crippen molar-refractivity contribution in [1.82, 2.24) is 0 Å². The lowest BCUT2D eigenvalue weighted by atomic mass is 9.81. The number of hydrogen-bond acceptors (Lipinski definition) is 0. The van der Waals surface area contributed by atoms with Crippen molar-refractivity contribution in [3.63, 3.8) is 0 Å². The van der Waals surface area contributed by atoms with Crippen LogP contribution >= 0.6 is 0 Å². The molecule has 3 saturated carbocycles. The molecule has 0 aromatic rings. The molecule has 0 amide bonds. The van der Waals surface area contributed by atoms with Gasteiger partial charge < -0.3 is 0 Å². The van der Waals surface area contributed by atoms with E-state index in [1.54, 1.807) is 0 Å². The van der Waals surface area contributed by atoms with Crippen LogP contribution in [0.2, 0.25) is 0 Å². The van der Waals surface area contributed by atoms with Gasteiger partial charge in [0.05, 0.1) is 0 Å². The van der Waals surface area contributed by atoms with E-state index >= 15 is 0 Å². The van der Waals surface area contributed by atoms with Gasteiger partial charge in [-0.15, -0.1) is 0 Å². The fraction of sp³-hybridized carbons (Fsp3) is 1.00. The van der Waals surface area contributed by atoms with Gasteiger partial charge >= 0.3 is 0 Å². The summed E-state index contributed by atoms with van der Waals surface area (Å²) in [7, 11) is 0. The average molecular weight is 365 g/mol. The lowest BCUT2D eigenvalue weighted by molar-refractivity contribution is 0.276. The highest BCUT2D eigenvalue weighted by Gasteiger charge is 2.16. The molecule has 3 aliphatic rings. The van der Waals surface area contributed by atoms with Crippen LogP contribution in [-0.2, 0) is 0 Å². The molecule has 0 aromatic heterocycles. The Morgan fingerprint density at radius 1 is 0.423 bits per heavy atom. The summed E-state index contributed by atoms with van der Waals surface area (Å²) in [5.41, 5.74) is 0. The zero-order valence-corrected chi connectivity index (χ0v) is 19.4. The third-order valence-electron chi connectivity index (χ3n) is 7.44. The van der Waals surface area contributed by atoms with E-state index in [0.29, 0.717) is 0 Å². The highest BCUT2D eigenvalue weighted by Crippen LogP contribution is 2.31. The fourth-order valence-corrected chi connectivity index (χ4v) is 4.88. The van der Waals surface area contributed by atoms with Crippen molar-refractivity contribution >= 4 is 0 Å². The standard InChI is InChI=1S/C10H20.2C8H16/c1-3-4-10-7-5-9(2)6-8-10;2*1-7-3-5-8(2)6-4-7/h9-10H,3-8H2,1-2H3;2*7-8H,3-6H2,1-2H3. The van der Waals surface area contributed by atoms with Crippen LogP contribution in [0.1, 0.15) is 131 Å². The third kappa shape index (κ3) is 11.7. The molecule has 3 aliphatic carbocycles. The quantitative estimate of drug-likeness (QED) is 0.458. The van der Waals surface area contributed by atoms with Crippen molar-refractivity contribution in [3.8, 4) is 0 Å². The van der Waals surface area contributed by atoms with E-state index in [2.05, 4.69) is 41.5 Å². The van der Waals surface area contributed by atoms with Crippen LogP contribution in [-0.4, -0.2) is 0 Å². The first-order valence-corrected chi connectivity index (χ1v) is 12.4. The van der Waals surface area contributed by atoms with Crippen molar-refractivity contribution in [1.29, 1.82) is 0 Å². The summed E-state index contributed by atoms with van der Waals surface area (Å²) in [6.45, 7) is 14.2. The van der Waals surface area contributed by atoms with Crippen molar-refractivity contribution < 1.29 is 0 Å². The van der Waals surface area contributed by atoms with Crippen LogP contribution in [0.5, 0.6) is 0 Å². The second kappa shape index (κ2) is 14.1. The molecule has 156 valence electrons. The Morgan fingerprint density at radius 2 is 0.654 bits per heavy atom. The Balaban J connectivity index is 0.000000197. The van der Waals surface area contributed by atoms with Crippen LogP contribution in [0.15, 0.2) is 0 Å². The minimum absolute atomic E-state index is 1.02. The van der Waals surface area contributed by atoms with Crippen LogP contribution < -0.4 is 0 Å². The van der Waals surface area contributed by atoms with E-state index in [4.69, 9.17) is 0 Å². The molecule has 0 unspecified atom stereocenters. The molecule has 0 spiro atoms. The second-order valence-electron chi connectivity index (χ2n) is 10.6. The van der Waals surface area contributed by atoms with Gasteiger partial charge in [0.2, 0.25) is 0 Å². The van der Waals surface area contributed by atoms with E-state index in [9.17, 15) is 0 Å². The van der Waals surface area contributed by atoms with Crippen molar-refractivity contribution in [3.05, 3.63) is 0 Å². The molecule has 26 heavy (non-hydrogen) atoms. The van der Waals surface area contributed by atoms with Gasteiger partial charge in [0, 0.05) is 0 Å². The summed E-state index contributed by atoms with van der Waals surface area (Å²) < 4.78 is 0. The summed E-state index contributed by atoms with van der Waals surface area (Å²) in [6.07, 6.45) is 20.7. The van der Waals surface area contributed by atoms with Crippen LogP contribution in [0.4, 0.5) is 0 Å². The molecule has 0 saturated heterocycles. The van der Waals surface area contributed by atoms with E-state index in [1.165, 1.54) is 89.9 Å². The Labute approximate surface area is 167 Å². The molecule has 3 rings (SSSR count). The van der Waals surface area contributed by atoms with Gasteiger partial charge in [-0.2, -0.15) is 0 Å². The topological polar surface area (TPSA) is 0 Å². The molecule has 0 nitrogen and oxygen atoms in total. The van der Waals surface area contributed by atoms with Gasteiger partial charge in [0.25, 0.3) is 0 Å². The Morgan fingerprint density at radius 3 is 0.885 bits per heavy atom. The molecule has 0 aliphatic heterocycles. The summed E-state index contributed by atoms with van der Waals surface area (Å²) >= 11 is 0. The van der Waals surface area contributed by atoms with Crippen LogP contribution in [0, 0.1) is 35.5 Å². The molecule has 0 aromatic carbocycles. The van der Waals surface area contributed by atoms with Gasteiger partial charge in [-0.1, -0.05) is 131 Å². The molecular formula is C26H52. The molecule has 0 N–H and O–H groups in total. The predicted molar refractivity (Wildman–Crippen MR) is 120 cm³/mol. The molecule has 0 atom stereocenters. The number of rotatable bonds is 2. The van der Waals surface area contributed by atoms with Gasteiger partial charge in [-0.25, -0.2) is 0 Å². The fourth-order valence-electron chi connectivity index (χ4n) is 4.88. The highest BCUT2D eigenvalue weighted by molar-refractivity contribution is 4.69. The lowest BCUT2D eigenvalue weighted by Crippen LogP contribution is -2.11. The van der Waals surface area contributed by atoms with E-state index in [-0.39, 0.29) is 0 Å². The monoisotopic (exact) mass is 364 g/mol. The van der Waals surface area contributed by atoms with Crippen molar-refractivity contribution in [2.45, 2.75) is 131 Å². The Hall–Kier alpha value is 0. The molecule has 0 heteroatoms. The van der Waals surface area contributed by atoms with Gasteiger partial charge in [0.1, 0.15) is 0 Å². The first-order chi connectivity index (χ1) is 12.4. The second-order valence-corrected chi connectivity index (χ2v) is 10.6. The summed E-state index contributed by atoms with van der Waals surface area (Å²) in [6, 6.07) is 0. The maximum absolute atomic E-state index is 2.39. The van der Waals surface area contributed by atoms with Crippen LogP contribution in [0.25, 0.3) is 0 Å². The summed E-state index contributed by atoms with van der Waals surface area (Å²) in [4.78, 5) is 0. The van der Waals surface area contributed by atoms with E-state index in [0.717, 1.165) is 35.5 Å². The van der Waals surface area contributed by atoms with E-state index < -0.39 is 0 Å². The maximum atomic E-state index is 2.39. The predicted octanol–water partition coefficient (Wildman–Crippen LogP) is 9.28. The SMILES string of the molecule is CC1CCC(C)CC1.CC1CCC(C)CC1.CCCC1CCC(C)CC1. The van der Waals surface area contributed by atoms with Gasteiger partial charge in [-0.3, -0.25) is 0 Å². The minimum atomic E-state index is 1.02. The Bertz CT molecular complexity index is 256. The lowest BCUT2D eigenvalue weighted by Gasteiger charge is -2.25. The first-order valence-electron chi connectivity index (χ1n) is 12.4. The summed E-state index contributed by atoms with van der Waals surface area (Å²) in [5.74, 6) is 6.18. The number of hydrogen-bond donors (Lipinski definition) is 0. The molecule has 0 heterocycles. The molecular weight excluding hydrogens is 312 g/mol. The molecule has 3 fully saturated rings. The largest absolute Gasteiger partial charge is 0.0654 e. The summed E-state index contributed by atoms with van der Waals surface area (Å²) in [5, 5.41) is 0. The smallest absolute Gasteiger partial charge is 0.0414 e. The maximum Gasteiger partial charge on any atom is -0.0414 e. The average Bonchev–Trinajstić information content (AvgIpc) is 2.63. The zero-order valence-electron chi connectivity index (χ0n) is 19.4. The van der Waals surface area contributed by atoms with E-state index in [1.807, 2.05) is 0 Å². The highest BCUT2D eigenvalue weighted by atomic mass is 14.2.